The first-order chi connectivity index (χ1) is 16.6. The molecule has 1 aliphatic rings. The lowest BCUT2D eigenvalue weighted by Crippen LogP contribution is -2.35. The zero-order valence-corrected chi connectivity index (χ0v) is 18.7. The van der Waals surface area contributed by atoms with E-state index in [9.17, 15) is 9.59 Å². The number of nitrogens with zero attached hydrogens (tertiary/aromatic N) is 2. The Kier molecular flexibility index (Phi) is 7.48. The monoisotopic (exact) mass is 456 g/mol. The topological polar surface area (TPSA) is 102 Å². The number of rotatable bonds is 5. The van der Waals surface area contributed by atoms with Crippen molar-refractivity contribution in [1.29, 1.82) is 0 Å². The van der Waals surface area contributed by atoms with Gasteiger partial charge in [-0.15, -0.1) is 0 Å². The maximum Gasteiger partial charge on any atom is 0.338 e. The highest BCUT2D eigenvalue weighted by atomic mass is 16.5. The van der Waals surface area contributed by atoms with Crippen molar-refractivity contribution in [2.45, 2.75) is 18.9 Å². The molecule has 34 heavy (non-hydrogen) atoms. The van der Waals surface area contributed by atoms with Gasteiger partial charge < -0.3 is 14.8 Å². The Bertz CT molecular complexity index is 1210. The number of carbonyl (C=O) groups is 2. The summed E-state index contributed by atoms with van der Waals surface area (Å²) in [5, 5.41) is 5.47. The van der Waals surface area contributed by atoms with Crippen molar-refractivity contribution in [1.82, 2.24) is 15.3 Å². The number of esters is 1. The third-order valence-corrected chi connectivity index (χ3v) is 5.20. The van der Waals surface area contributed by atoms with Gasteiger partial charge in [-0.05, 0) is 49.2 Å². The Balaban J connectivity index is 1.51. The Morgan fingerprint density at radius 2 is 1.97 bits per heavy atom. The number of carbonyl (C=O) groups excluding carboxylic acids is 2. The van der Waals surface area contributed by atoms with Crippen LogP contribution in [0.15, 0.2) is 60.9 Å². The number of amides is 2. The van der Waals surface area contributed by atoms with Crippen LogP contribution in [0.4, 0.5) is 10.6 Å². The maximum absolute atomic E-state index is 12.3. The third kappa shape index (κ3) is 6.18. The number of nitrogens with one attached hydrogen (secondary N) is 2. The van der Waals surface area contributed by atoms with Crippen molar-refractivity contribution in [3.05, 3.63) is 77.6 Å². The summed E-state index contributed by atoms with van der Waals surface area (Å²) in [6.07, 6.45) is 5.34. The second kappa shape index (κ2) is 11.1. The standard InChI is InChI=1S/C26H24N4O4/c1-33-25(31)21-14-23(29-24(15-21)30-26(32)28-17-22-5-3-13-34-22)20-10-8-18(9-11-20)6-7-19-4-2-12-27-16-19/h2,4,8-12,14-16,22H,3,5,13,17H2,1H3,(H2,28,29,30,32). The molecule has 8 heteroatoms. The van der Waals surface area contributed by atoms with E-state index in [0.29, 0.717) is 18.8 Å². The molecule has 1 aromatic carbocycles. The molecule has 0 radical (unpaired) electrons. The molecular weight excluding hydrogens is 432 g/mol. The minimum Gasteiger partial charge on any atom is -0.465 e. The summed E-state index contributed by atoms with van der Waals surface area (Å²) in [6.45, 7) is 1.13. The second-order valence-corrected chi connectivity index (χ2v) is 7.66. The second-order valence-electron chi connectivity index (χ2n) is 7.66. The number of anilines is 1. The number of pyridine rings is 2. The number of hydrogen-bond acceptors (Lipinski definition) is 6. The molecule has 2 amide bonds. The summed E-state index contributed by atoms with van der Waals surface area (Å²) in [7, 11) is 1.31. The van der Waals surface area contributed by atoms with Gasteiger partial charge in [-0.25, -0.2) is 14.6 Å². The largest absolute Gasteiger partial charge is 0.465 e. The van der Waals surface area contributed by atoms with Crippen LogP contribution in [-0.2, 0) is 9.47 Å². The summed E-state index contributed by atoms with van der Waals surface area (Å²) in [6, 6.07) is 13.9. The SMILES string of the molecule is COC(=O)c1cc(NC(=O)NCC2CCCO2)nc(-c2ccc(C#Cc3cccnc3)cc2)c1. The molecule has 1 saturated heterocycles. The van der Waals surface area contributed by atoms with E-state index in [-0.39, 0.29) is 17.5 Å². The molecule has 0 aliphatic carbocycles. The fourth-order valence-corrected chi connectivity index (χ4v) is 3.46. The Morgan fingerprint density at radius 3 is 2.68 bits per heavy atom. The van der Waals surface area contributed by atoms with Crippen LogP contribution < -0.4 is 10.6 Å². The Labute approximate surface area is 197 Å². The predicted octanol–water partition coefficient (Wildman–Crippen LogP) is 3.63. The molecular formula is C26H24N4O4. The Hall–Kier alpha value is -4.22. The molecule has 1 aliphatic heterocycles. The van der Waals surface area contributed by atoms with Crippen molar-refractivity contribution in [3.8, 4) is 23.1 Å². The van der Waals surface area contributed by atoms with Gasteiger partial charge in [0.2, 0.25) is 0 Å². The van der Waals surface area contributed by atoms with Crippen LogP contribution in [0.1, 0.15) is 34.3 Å². The van der Waals surface area contributed by atoms with Crippen LogP contribution in [0.2, 0.25) is 0 Å². The molecule has 3 aromatic rings. The summed E-state index contributed by atoms with van der Waals surface area (Å²) >= 11 is 0. The van der Waals surface area contributed by atoms with E-state index in [1.807, 2.05) is 36.4 Å². The number of aromatic nitrogens is 2. The van der Waals surface area contributed by atoms with Crippen molar-refractivity contribution in [2.75, 3.05) is 25.6 Å². The van der Waals surface area contributed by atoms with Gasteiger partial charge in [-0.1, -0.05) is 24.0 Å². The Morgan fingerprint density at radius 1 is 1.15 bits per heavy atom. The van der Waals surface area contributed by atoms with Gasteiger partial charge in [-0.2, -0.15) is 0 Å². The van der Waals surface area contributed by atoms with Gasteiger partial charge in [0.1, 0.15) is 5.82 Å². The molecule has 0 bridgehead atoms. The highest BCUT2D eigenvalue weighted by Gasteiger charge is 2.17. The van der Waals surface area contributed by atoms with E-state index in [1.165, 1.54) is 13.2 Å². The zero-order chi connectivity index (χ0) is 23.8. The van der Waals surface area contributed by atoms with Gasteiger partial charge in [0.15, 0.2) is 0 Å². The molecule has 1 unspecified atom stereocenters. The highest BCUT2D eigenvalue weighted by molar-refractivity contribution is 5.94. The molecule has 8 nitrogen and oxygen atoms in total. The van der Waals surface area contributed by atoms with E-state index < -0.39 is 12.0 Å². The number of hydrogen-bond donors (Lipinski definition) is 2. The molecule has 2 N–H and O–H groups in total. The highest BCUT2D eigenvalue weighted by Crippen LogP contribution is 2.22. The minimum atomic E-state index is -0.523. The first-order valence-electron chi connectivity index (χ1n) is 10.9. The fourth-order valence-electron chi connectivity index (χ4n) is 3.46. The van der Waals surface area contributed by atoms with Gasteiger partial charge in [-0.3, -0.25) is 10.3 Å². The molecule has 0 spiro atoms. The van der Waals surface area contributed by atoms with Crippen molar-refractivity contribution in [3.63, 3.8) is 0 Å². The van der Waals surface area contributed by atoms with Gasteiger partial charge in [0, 0.05) is 42.2 Å². The number of ether oxygens (including phenoxy) is 2. The van der Waals surface area contributed by atoms with E-state index in [1.54, 1.807) is 18.5 Å². The lowest BCUT2D eigenvalue weighted by atomic mass is 10.1. The lowest BCUT2D eigenvalue weighted by Gasteiger charge is -2.13. The van der Waals surface area contributed by atoms with Crippen molar-refractivity contribution in [2.24, 2.45) is 0 Å². The smallest absolute Gasteiger partial charge is 0.338 e. The van der Waals surface area contributed by atoms with Gasteiger partial charge in [0.05, 0.1) is 24.5 Å². The van der Waals surface area contributed by atoms with Crippen LogP contribution in [-0.4, -0.2) is 48.3 Å². The van der Waals surface area contributed by atoms with Crippen LogP contribution >= 0.6 is 0 Å². The average Bonchev–Trinajstić information content (AvgIpc) is 3.40. The molecule has 4 rings (SSSR count). The quantitative estimate of drug-likeness (QED) is 0.449. The van der Waals surface area contributed by atoms with E-state index in [4.69, 9.17) is 9.47 Å². The summed E-state index contributed by atoms with van der Waals surface area (Å²) in [5.74, 6) is 5.87. The molecule has 1 atom stereocenters. The summed E-state index contributed by atoms with van der Waals surface area (Å²) in [4.78, 5) is 33.1. The van der Waals surface area contributed by atoms with Crippen molar-refractivity contribution < 1.29 is 19.1 Å². The lowest BCUT2D eigenvalue weighted by molar-refractivity contribution is 0.0600. The normalized spacial score (nSPS) is 14.6. The van der Waals surface area contributed by atoms with E-state index in [0.717, 1.165) is 29.5 Å². The number of urea groups is 1. The fraction of sp³-hybridized carbons (Fsp3) is 0.231. The zero-order valence-electron chi connectivity index (χ0n) is 18.7. The summed E-state index contributed by atoms with van der Waals surface area (Å²) < 4.78 is 10.4. The third-order valence-electron chi connectivity index (χ3n) is 5.20. The van der Waals surface area contributed by atoms with E-state index >= 15 is 0 Å². The molecule has 172 valence electrons. The predicted molar refractivity (Wildman–Crippen MR) is 127 cm³/mol. The number of benzene rings is 1. The minimum absolute atomic E-state index is 0.0236. The molecule has 3 heterocycles. The van der Waals surface area contributed by atoms with Crippen molar-refractivity contribution >= 4 is 17.8 Å². The van der Waals surface area contributed by atoms with Gasteiger partial charge in [0.25, 0.3) is 0 Å². The maximum atomic E-state index is 12.3. The average molecular weight is 457 g/mol. The summed E-state index contributed by atoms with van der Waals surface area (Å²) in [5.41, 5.74) is 3.21. The van der Waals surface area contributed by atoms with E-state index in [2.05, 4.69) is 32.4 Å². The van der Waals surface area contributed by atoms with Crippen LogP contribution in [0.3, 0.4) is 0 Å². The molecule has 0 saturated carbocycles. The first kappa shape index (κ1) is 23.0. The molecule has 2 aromatic heterocycles. The molecule has 1 fully saturated rings. The van der Waals surface area contributed by atoms with Crippen LogP contribution in [0, 0.1) is 11.8 Å². The first-order valence-corrected chi connectivity index (χ1v) is 10.9. The number of methoxy groups -OCH3 is 1. The van der Waals surface area contributed by atoms with Crippen LogP contribution in [0.5, 0.6) is 0 Å². The van der Waals surface area contributed by atoms with Gasteiger partial charge >= 0.3 is 12.0 Å². The van der Waals surface area contributed by atoms with Crippen LogP contribution in [0.25, 0.3) is 11.3 Å².